The quantitative estimate of drug-likeness (QED) is 0.824. The minimum absolute atomic E-state index is 0.399. The van der Waals surface area contributed by atoms with E-state index in [9.17, 15) is 0 Å². The van der Waals surface area contributed by atoms with Crippen LogP contribution < -0.4 is 10.1 Å². The molecule has 2 aromatic rings. The first-order valence-corrected chi connectivity index (χ1v) is 6.40. The van der Waals surface area contributed by atoms with Gasteiger partial charge in [0.15, 0.2) is 6.33 Å². The van der Waals surface area contributed by atoms with Gasteiger partial charge >= 0.3 is 0 Å². The van der Waals surface area contributed by atoms with Gasteiger partial charge in [0.05, 0.1) is 7.11 Å². The van der Waals surface area contributed by atoms with Crippen LogP contribution in [0.2, 0.25) is 0 Å². The second kappa shape index (κ2) is 6.89. The van der Waals surface area contributed by atoms with E-state index < -0.39 is 0 Å². The van der Waals surface area contributed by atoms with Gasteiger partial charge in [0, 0.05) is 19.0 Å². The van der Waals surface area contributed by atoms with Crippen LogP contribution in [0, 0.1) is 0 Å². The summed E-state index contributed by atoms with van der Waals surface area (Å²) in [5.41, 5.74) is 1.29. The molecule has 0 bridgehead atoms. The lowest BCUT2D eigenvalue weighted by molar-refractivity contribution is 0.372. The first kappa shape index (κ1) is 13.5. The normalized spacial score (nSPS) is 12.3. The molecule has 1 N–H and O–H groups in total. The molecule has 0 aliphatic heterocycles. The zero-order chi connectivity index (χ0) is 13.5. The Morgan fingerprint density at radius 1 is 1.32 bits per heavy atom. The van der Waals surface area contributed by atoms with Crippen molar-refractivity contribution < 1.29 is 9.26 Å². The van der Waals surface area contributed by atoms with Gasteiger partial charge in [-0.2, -0.15) is 4.98 Å². The summed E-state index contributed by atoms with van der Waals surface area (Å²) < 4.78 is 10.1. The maximum atomic E-state index is 5.14. The molecule has 1 atom stereocenters. The van der Waals surface area contributed by atoms with E-state index in [0.717, 1.165) is 25.1 Å². The Hall–Kier alpha value is -1.88. The molecular formula is C14H19N3O2. The van der Waals surface area contributed by atoms with Crippen LogP contribution in [-0.2, 0) is 12.8 Å². The van der Waals surface area contributed by atoms with Gasteiger partial charge in [0.2, 0.25) is 5.89 Å². The van der Waals surface area contributed by atoms with Crippen molar-refractivity contribution in [1.29, 1.82) is 0 Å². The van der Waals surface area contributed by atoms with E-state index in [1.54, 1.807) is 7.11 Å². The number of ether oxygens (including phenoxy) is 1. The third-order valence-corrected chi connectivity index (χ3v) is 2.94. The second-order valence-corrected chi connectivity index (χ2v) is 4.49. The predicted molar refractivity (Wildman–Crippen MR) is 72.2 cm³/mol. The Morgan fingerprint density at radius 3 is 2.74 bits per heavy atom. The number of aromatic nitrogens is 2. The third kappa shape index (κ3) is 4.37. The topological polar surface area (TPSA) is 60.2 Å². The van der Waals surface area contributed by atoms with Crippen molar-refractivity contribution in [2.24, 2.45) is 0 Å². The summed E-state index contributed by atoms with van der Waals surface area (Å²) in [6.45, 7) is 3.00. The molecule has 1 aromatic heterocycles. The lowest BCUT2D eigenvalue weighted by Crippen LogP contribution is -2.30. The number of methoxy groups -OCH3 is 1. The maximum Gasteiger partial charge on any atom is 0.227 e. The van der Waals surface area contributed by atoms with E-state index in [1.807, 2.05) is 12.1 Å². The van der Waals surface area contributed by atoms with Crippen molar-refractivity contribution in [3.63, 3.8) is 0 Å². The molecule has 0 spiro atoms. The minimum Gasteiger partial charge on any atom is -0.497 e. The fourth-order valence-corrected chi connectivity index (χ4v) is 1.92. The summed E-state index contributed by atoms with van der Waals surface area (Å²) in [6.07, 6.45) is 3.16. The van der Waals surface area contributed by atoms with Gasteiger partial charge in [0.1, 0.15) is 5.75 Å². The molecule has 5 heteroatoms. The van der Waals surface area contributed by atoms with Crippen LogP contribution in [0.1, 0.15) is 18.4 Å². The molecule has 0 saturated heterocycles. The Bertz CT molecular complexity index is 468. The van der Waals surface area contributed by atoms with Crippen molar-refractivity contribution in [2.45, 2.75) is 25.8 Å². The highest BCUT2D eigenvalue weighted by Crippen LogP contribution is 2.12. The molecule has 0 amide bonds. The van der Waals surface area contributed by atoms with Gasteiger partial charge in [0.25, 0.3) is 0 Å². The highest BCUT2D eigenvalue weighted by atomic mass is 16.5. The molecule has 102 valence electrons. The fourth-order valence-electron chi connectivity index (χ4n) is 1.92. The Kier molecular flexibility index (Phi) is 4.92. The van der Waals surface area contributed by atoms with E-state index >= 15 is 0 Å². The third-order valence-electron chi connectivity index (χ3n) is 2.94. The van der Waals surface area contributed by atoms with Crippen LogP contribution >= 0.6 is 0 Å². The van der Waals surface area contributed by atoms with Crippen LogP contribution in [-0.4, -0.2) is 29.8 Å². The number of hydrogen-bond acceptors (Lipinski definition) is 5. The lowest BCUT2D eigenvalue weighted by atomic mass is 10.1. The molecule has 0 saturated carbocycles. The summed E-state index contributed by atoms with van der Waals surface area (Å²) in [5, 5.41) is 7.02. The van der Waals surface area contributed by atoms with Gasteiger partial charge in [-0.3, -0.25) is 0 Å². The van der Waals surface area contributed by atoms with E-state index in [2.05, 4.69) is 34.5 Å². The average Bonchev–Trinajstić information content (AvgIpc) is 2.93. The zero-order valence-corrected chi connectivity index (χ0v) is 11.3. The molecule has 5 nitrogen and oxygen atoms in total. The maximum absolute atomic E-state index is 5.14. The average molecular weight is 261 g/mol. The monoisotopic (exact) mass is 261 g/mol. The van der Waals surface area contributed by atoms with Gasteiger partial charge in [-0.1, -0.05) is 17.3 Å². The number of nitrogens with one attached hydrogen (secondary N) is 1. The Morgan fingerprint density at radius 2 is 2.11 bits per heavy atom. The molecular weight excluding hydrogens is 242 g/mol. The van der Waals surface area contributed by atoms with E-state index in [1.165, 1.54) is 11.9 Å². The van der Waals surface area contributed by atoms with E-state index in [4.69, 9.17) is 9.26 Å². The van der Waals surface area contributed by atoms with Gasteiger partial charge in [-0.05, 0) is 31.0 Å². The summed E-state index contributed by atoms with van der Waals surface area (Å²) in [5.74, 6) is 1.56. The number of benzene rings is 1. The highest BCUT2D eigenvalue weighted by Gasteiger charge is 2.05. The lowest BCUT2D eigenvalue weighted by Gasteiger charge is -2.13. The molecule has 0 fully saturated rings. The molecule has 1 unspecified atom stereocenters. The first-order valence-electron chi connectivity index (χ1n) is 6.40. The molecule has 0 radical (unpaired) electrons. The Balaban J connectivity index is 1.72. The summed E-state index contributed by atoms with van der Waals surface area (Å²) in [4.78, 5) is 3.98. The van der Waals surface area contributed by atoms with Crippen molar-refractivity contribution in [3.8, 4) is 5.75 Å². The number of nitrogens with zero attached hydrogens (tertiary/aromatic N) is 2. The SMILES string of the molecule is COc1ccc(CC(C)NCCc2ncno2)cc1. The van der Waals surface area contributed by atoms with Crippen molar-refractivity contribution in [2.75, 3.05) is 13.7 Å². The van der Waals surface area contributed by atoms with Crippen LogP contribution in [0.5, 0.6) is 5.75 Å². The van der Waals surface area contributed by atoms with Crippen LogP contribution in [0.25, 0.3) is 0 Å². The van der Waals surface area contributed by atoms with E-state index in [0.29, 0.717) is 11.9 Å². The molecule has 0 aliphatic rings. The molecule has 2 rings (SSSR count). The first-order chi connectivity index (χ1) is 9.28. The molecule has 0 aliphatic carbocycles. The van der Waals surface area contributed by atoms with Crippen LogP contribution in [0.15, 0.2) is 35.1 Å². The van der Waals surface area contributed by atoms with Crippen molar-refractivity contribution in [3.05, 3.63) is 42.0 Å². The molecule has 1 aromatic carbocycles. The minimum atomic E-state index is 0.399. The van der Waals surface area contributed by atoms with Gasteiger partial charge in [-0.25, -0.2) is 0 Å². The fraction of sp³-hybridized carbons (Fsp3) is 0.429. The smallest absolute Gasteiger partial charge is 0.227 e. The summed E-state index contributed by atoms with van der Waals surface area (Å²) >= 11 is 0. The van der Waals surface area contributed by atoms with Crippen LogP contribution in [0.3, 0.4) is 0 Å². The standard InChI is InChI=1S/C14H19N3O2/c1-11(15-8-7-14-16-10-17-19-14)9-12-3-5-13(18-2)6-4-12/h3-6,10-11,15H,7-9H2,1-2H3. The summed E-state index contributed by atoms with van der Waals surface area (Å²) in [6, 6.07) is 8.56. The molecule has 1 heterocycles. The zero-order valence-electron chi connectivity index (χ0n) is 11.3. The predicted octanol–water partition coefficient (Wildman–Crippen LogP) is 1.84. The van der Waals surface area contributed by atoms with Gasteiger partial charge < -0.3 is 14.6 Å². The van der Waals surface area contributed by atoms with E-state index in [-0.39, 0.29) is 0 Å². The largest absolute Gasteiger partial charge is 0.497 e. The Labute approximate surface area is 113 Å². The summed E-state index contributed by atoms with van der Waals surface area (Å²) in [7, 11) is 1.68. The highest BCUT2D eigenvalue weighted by molar-refractivity contribution is 5.27. The number of hydrogen-bond donors (Lipinski definition) is 1. The number of rotatable bonds is 7. The molecule has 19 heavy (non-hydrogen) atoms. The van der Waals surface area contributed by atoms with Crippen molar-refractivity contribution >= 4 is 0 Å². The van der Waals surface area contributed by atoms with Crippen LogP contribution in [0.4, 0.5) is 0 Å². The van der Waals surface area contributed by atoms with Gasteiger partial charge in [-0.15, -0.1) is 0 Å². The van der Waals surface area contributed by atoms with Crippen molar-refractivity contribution in [1.82, 2.24) is 15.5 Å². The second-order valence-electron chi connectivity index (χ2n) is 4.49.